The van der Waals surface area contributed by atoms with E-state index in [1.807, 2.05) is 6.92 Å². The number of hydrogen-bond donors (Lipinski definition) is 2. The maximum Gasteiger partial charge on any atom is 0.255 e. The standard InChI is InChI=1S/C10H16N4O/c1-3-6-14(2)10(15)8-4-5-12-7-9(8)13-11/h4-5,7,13H,3,6,11H2,1-2H3. The van der Waals surface area contributed by atoms with Crippen LogP contribution in [0.1, 0.15) is 23.7 Å². The molecule has 0 aliphatic carbocycles. The smallest absolute Gasteiger partial charge is 0.255 e. The molecule has 5 nitrogen and oxygen atoms in total. The summed E-state index contributed by atoms with van der Waals surface area (Å²) in [5, 5.41) is 0. The molecule has 1 amide bonds. The molecule has 0 bridgehead atoms. The fourth-order valence-electron chi connectivity index (χ4n) is 1.34. The van der Waals surface area contributed by atoms with Crippen LogP contribution in [0.25, 0.3) is 0 Å². The number of hydrogen-bond acceptors (Lipinski definition) is 4. The summed E-state index contributed by atoms with van der Waals surface area (Å²) in [7, 11) is 1.77. The van der Waals surface area contributed by atoms with Crippen molar-refractivity contribution >= 4 is 11.6 Å². The first-order valence-corrected chi connectivity index (χ1v) is 4.86. The highest BCUT2D eigenvalue weighted by Gasteiger charge is 2.14. The molecule has 0 aromatic carbocycles. The third kappa shape index (κ3) is 2.66. The van der Waals surface area contributed by atoms with Crippen LogP contribution in [0.15, 0.2) is 18.5 Å². The Kier molecular flexibility index (Phi) is 4.05. The molecule has 5 heteroatoms. The summed E-state index contributed by atoms with van der Waals surface area (Å²) in [5.74, 6) is 5.25. The summed E-state index contributed by atoms with van der Waals surface area (Å²) in [6.07, 6.45) is 4.04. The van der Waals surface area contributed by atoms with Crippen LogP contribution in [-0.2, 0) is 0 Å². The molecule has 15 heavy (non-hydrogen) atoms. The molecule has 0 saturated heterocycles. The van der Waals surface area contributed by atoms with Crippen LogP contribution < -0.4 is 11.3 Å². The largest absolute Gasteiger partial charge is 0.342 e. The van der Waals surface area contributed by atoms with Crippen molar-refractivity contribution in [2.45, 2.75) is 13.3 Å². The number of amides is 1. The second-order valence-corrected chi connectivity index (χ2v) is 3.29. The van der Waals surface area contributed by atoms with E-state index in [1.165, 1.54) is 6.20 Å². The van der Waals surface area contributed by atoms with E-state index in [9.17, 15) is 4.79 Å². The topological polar surface area (TPSA) is 71.2 Å². The Balaban J connectivity index is 2.90. The molecule has 0 fully saturated rings. The van der Waals surface area contributed by atoms with E-state index in [2.05, 4.69) is 10.4 Å². The third-order valence-electron chi connectivity index (χ3n) is 2.11. The number of aromatic nitrogens is 1. The number of rotatable bonds is 4. The predicted molar refractivity (Wildman–Crippen MR) is 59.3 cm³/mol. The zero-order valence-corrected chi connectivity index (χ0v) is 9.03. The Bertz CT molecular complexity index is 340. The van der Waals surface area contributed by atoms with Crippen molar-refractivity contribution in [3.8, 4) is 0 Å². The minimum absolute atomic E-state index is 0.0489. The van der Waals surface area contributed by atoms with Crippen molar-refractivity contribution in [2.75, 3.05) is 19.0 Å². The number of carbonyl (C=O) groups excluding carboxylic acids is 1. The summed E-state index contributed by atoms with van der Waals surface area (Å²) in [6.45, 7) is 2.75. The number of nitrogens with one attached hydrogen (secondary N) is 1. The summed E-state index contributed by atoms with van der Waals surface area (Å²) in [6, 6.07) is 1.66. The van der Waals surface area contributed by atoms with Gasteiger partial charge in [0.05, 0.1) is 17.4 Å². The summed E-state index contributed by atoms with van der Waals surface area (Å²) < 4.78 is 0. The van der Waals surface area contributed by atoms with Crippen LogP contribution in [0.5, 0.6) is 0 Å². The van der Waals surface area contributed by atoms with Crippen molar-refractivity contribution in [2.24, 2.45) is 5.84 Å². The van der Waals surface area contributed by atoms with Crippen LogP contribution in [-0.4, -0.2) is 29.4 Å². The first-order valence-electron chi connectivity index (χ1n) is 4.86. The number of nitrogen functional groups attached to an aromatic ring is 1. The Hall–Kier alpha value is -1.62. The van der Waals surface area contributed by atoms with E-state index < -0.39 is 0 Å². The fraction of sp³-hybridized carbons (Fsp3) is 0.400. The van der Waals surface area contributed by atoms with Gasteiger partial charge in [0.1, 0.15) is 0 Å². The molecule has 0 atom stereocenters. The summed E-state index contributed by atoms with van der Waals surface area (Å²) >= 11 is 0. The maximum atomic E-state index is 11.9. The van der Waals surface area contributed by atoms with E-state index in [-0.39, 0.29) is 5.91 Å². The number of anilines is 1. The molecular weight excluding hydrogens is 192 g/mol. The van der Waals surface area contributed by atoms with Crippen LogP contribution in [0, 0.1) is 0 Å². The first-order chi connectivity index (χ1) is 7.20. The van der Waals surface area contributed by atoms with Gasteiger partial charge >= 0.3 is 0 Å². The number of nitrogens with zero attached hydrogens (tertiary/aromatic N) is 2. The molecule has 82 valence electrons. The van der Waals surface area contributed by atoms with Gasteiger partial charge < -0.3 is 10.3 Å². The third-order valence-corrected chi connectivity index (χ3v) is 2.11. The average molecular weight is 208 g/mol. The molecular formula is C10H16N4O. The van der Waals surface area contributed by atoms with E-state index in [1.54, 1.807) is 24.2 Å². The molecule has 0 radical (unpaired) electrons. The summed E-state index contributed by atoms with van der Waals surface area (Å²) in [4.78, 5) is 17.5. The van der Waals surface area contributed by atoms with Crippen LogP contribution >= 0.6 is 0 Å². The van der Waals surface area contributed by atoms with Gasteiger partial charge in [-0.3, -0.25) is 15.6 Å². The number of pyridine rings is 1. The molecule has 1 aromatic heterocycles. The molecule has 3 N–H and O–H groups in total. The minimum Gasteiger partial charge on any atom is -0.342 e. The van der Waals surface area contributed by atoms with Gasteiger partial charge in [0.15, 0.2) is 0 Å². The molecule has 0 aliphatic rings. The maximum absolute atomic E-state index is 11.9. The quantitative estimate of drug-likeness (QED) is 0.568. The SMILES string of the molecule is CCCN(C)C(=O)c1ccncc1NN. The molecule has 0 saturated carbocycles. The molecule has 1 heterocycles. The molecule has 1 rings (SSSR count). The molecule has 0 spiro atoms. The lowest BCUT2D eigenvalue weighted by atomic mass is 10.2. The van der Waals surface area contributed by atoms with Gasteiger partial charge in [0, 0.05) is 19.8 Å². The molecule has 0 unspecified atom stereocenters. The highest BCUT2D eigenvalue weighted by atomic mass is 16.2. The molecule has 0 aliphatic heterocycles. The second kappa shape index (κ2) is 5.31. The van der Waals surface area contributed by atoms with Crippen molar-refractivity contribution in [1.29, 1.82) is 0 Å². The van der Waals surface area contributed by atoms with E-state index in [0.29, 0.717) is 11.3 Å². The van der Waals surface area contributed by atoms with Gasteiger partial charge in [-0.1, -0.05) is 6.92 Å². The minimum atomic E-state index is -0.0489. The van der Waals surface area contributed by atoms with Crippen molar-refractivity contribution in [1.82, 2.24) is 9.88 Å². The predicted octanol–water partition coefficient (Wildman–Crippen LogP) is 0.849. The van der Waals surface area contributed by atoms with E-state index in [4.69, 9.17) is 5.84 Å². The normalized spacial score (nSPS) is 9.80. The monoisotopic (exact) mass is 208 g/mol. The van der Waals surface area contributed by atoms with Gasteiger partial charge in [0.2, 0.25) is 0 Å². The average Bonchev–Trinajstić information content (AvgIpc) is 2.28. The van der Waals surface area contributed by atoms with Gasteiger partial charge in [-0.25, -0.2) is 0 Å². The zero-order chi connectivity index (χ0) is 11.3. The number of carbonyl (C=O) groups is 1. The second-order valence-electron chi connectivity index (χ2n) is 3.29. The number of nitrogens with two attached hydrogens (primary N) is 1. The van der Waals surface area contributed by atoms with Crippen LogP contribution in [0.2, 0.25) is 0 Å². The van der Waals surface area contributed by atoms with Gasteiger partial charge in [-0.05, 0) is 12.5 Å². The lowest BCUT2D eigenvalue weighted by Gasteiger charge is -2.17. The van der Waals surface area contributed by atoms with Crippen LogP contribution in [0.3, 0.4) is 0 Å². The number of hydrazine groups is 1. The lowest BCUT2D eigenvalue weighted by molar-refractivity contribution is 0.0796. The Labute approximate surface area is 89.3 Å². The van der Waals surface area contributed by atoms with Crippen molar-refractivity contribution < 1.29 is 4.79 Å². The first kappa shape index (κ1) is 11.5. The summed E-state index contributed by atoms with van der Waals surface area (Å²) in [5.41, 5.74) is 3.56. The van der Waals surface area contributed by atoms with Gasteiger partial charge in [-0.2, -0.15) is 0 Å². The van der Waals surface area contributed by atoms with Gasteiger partial charge in [0.25, 0.3) is 5.91 Å². The van der Waals surface area contributed by atoms with Crippen molar-refractivity contribution in [3.63, 3.8) is 0 Å². The lowest BCUT2D eigenvalue weighted by Crippen LogP contribution is -2.28. The van der Waals surface area contributed by atoms with Crippen molar-refractivity contribution in [3.05, 3.63) is 24.0 Å². The van der Waals surface area contributed by atoms with Gasteiger partial charge in [-0.15, -0.1) is 0 Å². The molecule has 1 aromatic rings. The highest BCUT2D eigenvalue weighted by molar-refractivity contribution is 5.99. The zero-order valence-electron chi connectivity index (χ0n) is 9.03. The Morgan fingerprint density at radius 1 is 1.67 bits per heavy atom. The Morgan fingerprint density at radius 2 is 2.40 bits per heavy atom. The Morgan fingerprint density at radius 3 is 3.00 bits per heavy atom. The highest BCUT2D eigenvalue weighted by Crippen LogP contribution is 2.13. The van der Waals surface area contributed by atoms with Crippen LogP contribution in [0.4, 0.5) is 5.69 Å². The van der Waals surface area contributed by atoms with E-state index in [0.717, 1.165) is 13.0 Å². The fourth-order valence-corrected chi connectivity index (χ4v) is 1.34. The van der Waals surface area contributed by atoms with E-state index >= 15 is 0 Å².